The molecule has 2 aromatic heterocycles. The Morgan fingerprint density at radius 2 is 2.19 bits per heavy atom. The van der Waals surface area contributed by atoms with E-state index in [1.165, 1.54) is 0 Å². The molecule has 1 unspecified atom stereocenters. The fourth-order valence-electron chi connectivity index (χ4n) is 3.43. The number of pyridine rings is 1. The summed E-state index contributed by atoms with van der Waals surface area (Å²) in [5.41, 5.74) is 3.49. The first-order valence-electron chi connectivity index (χ1n) is 9.21. The lowest BCUT2D eigenvalue weighted by molar-refractivity contribution is 0.0697. The van der Waals surface area contributed by atoms with Gasteiger partial charge in [0, 0.05) is 43.6 Å². The van der Waals surface area contributed by atoms with Crippen LogP contribution in [0.15, 0.2) is 24.5 Å². The third-order valence-electron chi connectivity index (χ3n) is 4.79. The fourth-order valence-corrected chi connectivity index (χ4v) is 3.43. The molecule has 1 aliphatic rings. The van der Waals surface area contributed by atoms with Crippen LogP contribution in [0.2, 0.25) is 0 Å². The Hall–Kier alpha value is -2.34. The zero-order valence-corrected chi connectivity index (χ0v) is 15.7. The molecule has 0 spiro atoms. The Labute approximate surface area is 154 Å². The van der Waals surface area contributed by atoms with Crippen molar-refractivity contribution in [3.8, 4) is 0 Å². The number of likely N-dealkylation sites (tertiary alicyclic amines) is 1. The van der Waals surface area contributed by atoms with Gasteiger partial charge in [-0.3, -0.25) is 9.78 Å². The number of piperidine rings is 1. The standard InChI is InChI=1S/C20H26N4O2/c1-4-26-13-17-11-22-15(3)23-19(17)16-8-6-10-24(12-16)20(25)18-14(2)7-5-9-21-18/h5,7,9,11,16H,4,6,8,10,12-13H2,1-3H3. The van der Waals surface area contributed by atoms with Crippen LogP contribution in [0.1, 0.15) is 58.8 Å². The zero-order chi connectivity index (χ0) is 18.5. The number of aromatic nitrogens is 3. The third-order valence-corrected chi connectivity index (χ3v) is 4.79. The first-order valence-corrected chi connectivity index (χ1v) is 9.21. The van der Waals surface area contributed by atoms with Gasteiger partial charge in [0.25, 0.3) is 5.91 Å². The van der Waals surface area contributed by atoms with Gasteiger partial charge in [0.05, 0.1) is 12.3 Å². The Balaban J connectivity index is 1.81. The summed E-state index contributed by atoms with van der Waals surface area (Å²) in [6, 6.07) is 3.78. The highest BCUT2D eigenvalue weighted by molar-refractivity contribution is 5.93. The molecular weight excluding hydrogens is 328 g/mol. The summed E-state index contributed by atoms with van der Waals surface area (Å²) in [5, 5.41) is 0. The van der Waals surface area contributed by atoms with Crippen molar-refractivity contribution in [1.82, 2.24) is 19.9 Å². The monoisotopic (exact) mass is 354 g/mol. The second kappa shape index (κ2) is 8.36. The summed E-state index contributed by atoms with van der Waals surface area (Å²) in [5.74, 6) is 0.961. The molecule has 0 aromatic carbocycles. The number of carbonyl (C=O) groups excluding carboxylic acids is 1. The molecule has 0 N–H and O–H groups in total. The van der Waals surface area contributed by atoms with Crippen LogP contribution in [0.4, 0.5) is 0 Å². The van der Waals surface area contributed by atoms with Gasteiger partial charge in [-0.25, -0.2) is 9.97 Å². The molecule has 138 valence electrons. The molecule has 6 nitrogen and oxygen atoms in total. The fraction of sp³-hybridized carbons (Fsp3) is 0.500. The van der Waals surface area contributed by atoms with E-state index in [-0.39, 0.29) is 11.8 Å². The van der Waals surface area contributed by atoms with E-state index in [4.69, 9.17) is 4.74 Å². The zero-order valence-electron chi connectivity index (χ0n) is 15.7. The number of rotatable bonds is 5. The molecular formula is C20H26N4O2. The van der Waals surface area contributed by atoms with E-state index in [9.17, 15) is 4.79 Å². The van der Waals surface area contributed by atoms with E-state index < -0.39 is 0 Å². The maximum atomic E-state index is 12.9. The van der Waals surface area contributed by atoms with Crippen molar-refractivity contribution in [1.29, 1.82) is 0 Å². The summed E-state index contributed by atoms with van der Waals surface area (Å²) in [7, 11) is 0. The molecule has 1 aliphatic heterocycles. The molecule has 6 heteroatoms. The first kappa shape index (κ1) is 18.5. The van der Waals surface area contributed by atoms with Gasteiger partial charge in [0.2, 0.25) is 0 Å². The van der Waals surface area contributed by atoms with Gasteiger partial charge < -0.3 is 9.64 Å². The average molecular weight is 354 g/mol. The van der Waals surface area contributed by atoms with Crippen molar-refractivity contribution in [2.24, 2.45) is 0 Å². The van der Waals surface area contributed by atoms with Crippen LogP contribution >= 0.6 is 0 Å². The van der Waals surface area contributed by atoms with Crippen molar-refractivity contribution in [3.63, 3.8) is 0 Å². The van der Waals surface area contributed by atoms with Crippen LogP contribution in [0.3, 0.4) is 0 Å². The van der Waals surface area contributed by atoms with E-state index >= 15 is 0 Å². The minimum atomic E-state index is 0.00457. The first-order chi connectivity index (χ1) is 12.6. The number of hydrogen-bond acceptors (Lipinski definition) is 5. The normalized spacial score (nSPS) is 17.3. The van der Waals surface area contributed by atoms with Crippen molar-refractivity contribution >= 4 is 5.91 Å². The van der Waals surface area contributed by atoms with Crippen molar-refractivity contribution in [2.75, 3.05) is 19.7 Å². The highest BCUT2D eigenvalue weighted by atomic mass is 16.5. The van der Waals surface area contributed by atoms with E-state index in [2.05, 4.69) is 15.0 Å². The Morgan fingerprint density at radius 1 is 1.35 bits per heavy atom. The summed E-state index contributed by atoms with van der Waals surface area (Å²) in [6.45, 7) is 8.38. The minimum absolute atomic E-state index is 0.00457. The average Bonchev–Trinajstić information content (AvgIpc) is 2.67. The number of carbonyl (C=O) groups is 1. The Bertz CT molecular complexity index is 778. The predicted molar refractivity (Wildman–Crippen MR) is 99.0 cm³/mol. The smallest absolute Gasteiger partial charge is 0.272 e. The number of amides is 1. The van der Waals surface area contributed by atoms with Gasteiger partial charge in [-0.05, 0) is 45.2 Å². The number of aryl methyl sites for hydroxylation is 2. The van der Waals surface area contributed by atoms with Gasteiger partial charge in [-0.1, -0.05) is 6.07 Å². The summed E-state index contributed by atoms with van der Waals surface area (Å²) in [4.78, 5) is 28.1. The molecule has 26 heavy (non-hydrogen) atoms. The van der Waals surface area contributed by atoms with Crippen LogP contribution in [0.5, 0.6) is 0 Å². The molecule has 0 bridgehead atoms. The largest absolute Gasteiger partial charge is 0.377 e. The molecule has 3 heterocycles. The lowest BCUT2D eigenvalue weighted by atomic mass is 9.91. The van der Waals surface area contributed by atoms with Gasteiger partial charge >= 0.3 is 0 Å². The maximum absolute atomic E-state index is 12.9. The SMILES string of the molecule is CCOCc1cnc(C)nc1C1CCCN(C(=O)c2ncccc2C)C1. The van der Waals surface area contributed by atoms with Crippen LogP contribution in [0, 0.1) is 13.8 Å². The summed E-state index contributed by atoms with van der Waals surface area (Å²) < 4.78 is 5.58. The molecule has 1 fully saturated rings. The van der Waals surface area contributed by atoms with Gasteiger partial charge in [-0.15, -0.1) is 0 Å². The van der Waals surface area contributed by atoms with E-state index in [1.54, 1.807) is 6.20 Å². The van der Waals surface area contributed by atoms with Crippen molar-refractivity contribution in [3.05, 3.63) is 52.9 Å². The van der Waals surface area contributed by atoms with Gasteiger partial charge in [0.1, 0.15) is 11.5 Å². The van der Waals surface area contributed by atoms with Crippen molar-refractivity contribution < 1.29 is 9.53 Å². The number of ether oxygens (including phenoxy) is 1. The molecule has 3 rings (SSSR count). The van der Waals surface area contributed by atoms with E-state index in [0.29, 0.717) is 25.5 Å². The summed E-state index contributed by atoms with van der Waals surface area (Å²) >= 11 is 0. The summed E-state index contributed by atoms with van der Waals surface area (Å²) in [6.07, 6.45) is 5.51. The molecule has 2 aromatic rings. The second-order valence-electron chi connectivity index (χ2n) is 6.72. The number of hydrogen-bond donors (Lipinski definition) is 0. The minimum Gasteiger partial charge on any atom is -0.377 e. The second-order valence-corrected chi connectivity index (χ2v) is 6.72. The third kappa shape index (κ3) is 4.07. The molecule has 1 atom stereocenters. The number of nitrogens with zero attached hydrogens (tertiary/aromatic N) is 4. The van der Waals surface area contributed by atoms with Crippen LogP contribution in [0.25, 0.3) is 0 Å². The Kier molecular flexibility index (Phi) is 5.93. The van der Waals surface area contributed by atoms with Crippen molar-refractivity contribution in [2.45, 2.75) is 46.1 Å². The van der Waals surface area contributed by atoms with Gasteiger partial charge in [0.15, 0.2) is 0 Å². The highest BCUT2D eigenvalue weighted by Crippen LogP contribution is 2.29. The predicted octanol–water partition coefficient (Wildman–Crippen LogP) is 3.04. The molecule has 1 saturated heterocycles. The topological polar surface area (TPSA) is 68.2 Å². The van der Waals surface area contributed by atoms with Gasteiger partial charge in [-0.2, -0.15) is 0 Å². The lowest BCUT2D eigenvalue weighted by Gasteiger charge is -2.33. The van der Waals surface area contributed by atoms with Crippen LogP contribution < -0.4 is 0 Å². The maximum Gasteiger partial charge on any atom is 0.272 e. The van der Waals surface area contributed by atoms with E-state index in [1.807, 2.05) is 44.0 Å². The lowest BCUT2D eigenvalue weighted by Crippen LogP contribution is -2.40. The quantitative estimate of drug-likeness (QED) is 0.825. The Morgan fingerprint density at radius 3 is 2.96 bits per heavy atom. The van der Waals surface area contributed by atoms with E-state index in [0.717, 1.165) is 42.0 Å². The molecule has 0 aliphatic carbocycles. The highest BCUT2D eigenvalue weighted by Gasteiger charge is 2.29. The van der Waals surface area contributed by atoms with Crippen LogP contribution in [-0.2, 0) is 11.3 Å². The molecule has 0 radical (unpaired) electrons. The molecule has 0 saturated carbocycles. The molecule has 1 amide bonds. The van der Waals surface area contributed by atoms with Crippen LogP contribution in [-0.4, -0.2) is 45.5 Å².